The Hall–Kier alpha value is -2.01. The fourth-order valence-corrected chi connectivity index (χ4v) is 2.25. The second kappa shape index (κ2) is 7.69. The molecule has 2 N–H and O–H groups in total. The van der Waals surface area contributed by atoms with Gasteiger partial charge in [0.25, 0.3) is 0 Å². The Kier molecular flexibility index (Phi) is 5.63. The standard InChI is InChI=1S/C16H22N2O3/c1-13(5-2-8-17)16(19)18(11-14-6-3-9-20-14)12-15-7-4-10-21-15/h3-4,6-7,9-10,13H,2,5,8,11-12,17H2,1H3. The van der Waals surface area contributed by atoms with Crippen LogP contribution in [0.15, 0.2) is 45.6 Å². The van der Waals surface area contributed by atoms with Gasteiger partial charge in [0.2, 0.25) is 5.91 Å². The second-order valence-electron chi connectivity index (χ2n) is 5.18. The van der Waals surface area contributed by atoms with Crippen molar-refractivity contribution in [1.29, 1.82) is 0 Å². The summed E-state index contributed by atoms with van der Waals surface area (Å²) in [5, 5.41) is 0. The van der Waals surface area contributed by atoms with Crippen molar-refractivity contribution in [3.8, 4) is 0 Å². The predicted molar refractivity (Wildman–Crippen MR) is 79.1 cm³/mol. The molecule has 2 aromatic rings. The van der Waals surface area contributed by atoms with Crippen LogP contribution >= 0.6 is 0 Å². The zero-order chi connectivity index (χ0) is 15.1. The Morgan fingerprint density at radius 3 is 2.19 bits per heavy atom. The molecule has 0 fully saturated rings. The third kappa shape index (κ3) is 4.49. The molecule has 5 heteroatoms. The van der Waals surface area contributed by atoms with Gasteiger partial charge in [-0.25, -0.2) is 0 Å². The van der Waals surface area contributed by atoms with Crippen molar-refractivity contribution in [3.05, 3.63) is 48.3 Å². The molecule has 0 aromatic carbocycles. The van der Waals surface area contributed by atoms with E-state index >= 15 is 0 Å². The van der Waals surface area contributed by atoms with Gasteiger partial charge < -0.3 is 19.5 Å². The zero-order valence-electron chi connectivity index (χ0n) is 12.3. The van der Waals surface area contributed by atoms with E-state index in [0.29, 0.717) is 19.6 Å². The maximum atomic E-state index is 12.6. The highest BCUT2D eigenvalue weighted by atomic mass is 16.3. The Bertz CT molecular complexity index is 483. The van der Waals surface area contributed by atoms with E-state index in [4.69, 9.17) is 14.6 Å². The fraction of sp³-hybridized carbons (Fsp3) is 0.438. The molecule has 1 amide bonds. The molecule has 1 atom stereocenters. The summed E-state index contributed by atoms with van der Waals surface area (Å²) in [6.07, 6.45) is 4.87. The van der Waals surface area contributed by atoms with Gasteiger partial charge in [-0.15, -0.1) is 0 Å². The van der Waals surface area contributed by atoms with Crippen molar-refractivity contribution in [1.82, 2.24) is 4.90 Å². The average Bonchev–Trinajstić information content (AvgIpc) is 3.16. The highest BCUT2D eigenvalue weighted by molar-refractivity contribution is 5.78. The number of carbonyl (C=O) groups is 1. The first kappa shape index (κ1) is 15.4. The van der Waals surface area contributed by atoms with E-state index in [1.807, 2.05) is 31.2 Å². The lowest BCUT2D eigenvalue weighted by atomic mass is 10.0. The van der Waals surface area contributed by atoms with Crippen molar-refractivity contribution < 1.29 is 13.6 Å². The van der Waals surface area contributed by atoms with Gasteiger partial charge in [-0.2, -0.15) is 0 Å². The summed E-state index contributed by atoms with van der Waals surface area (Å²) in [5.74, 6) is 1.57. The molecular weight excluding hydrogens is 268 g/mol. The van der Waals surface area contributed by atoms with E-state index in [1.54, 1.807) is 17.4 Å². The van der Waals surface area contributed by atoms with Crippen LogP contribution in [0.5, 0.6) is 0 Å². The SMILES string of the molecule is CC(CCCN)C(=O)N(Cc1ccco1)Cc1ccco1. The summed E-state index contributed by atoms with van der Waals surface area (Å²) in [7, 11) is 0. The Labute approximate surface area is 124 Å². The number of amides is 1. The van der Waals surface area contributed by atoms with Crippen LogP contribution in [0.4, 0.5) is 0 Å². The lowest BCUT2D eigenvalue weighted by Gasteiger charge is -2.24. The number of rotatable bonds is 8. The first-order chi connectivity index (χ1) is 10.2. The van der Waals surface area contributed by atoms with E-state index in [0.717, 1.165) is 24.4 Å². The quantitative estimate of drug-likeness (QED) is 0.811. The van der Waals surface area contributed by atoms with Gasteiger partial charge in [-0.3, -0.25) is 4.79 Å². The number of nitrogens with two attached hydrogens (primary N) is 1. The molecule has 2 rings (SSSR count). The van der Waals surface area contributed by atoms with Gasteiger partial charge in [0.05, 0.1) is 25.6 Å². The highest BCUT2D eigenvalue weighted by Crippen LogP contribution is 2.16. The molecule has 0 aliphatic rings. The molecule has 21 heavy (non-hydrogen) atoms. The van der Waals surface area contributed by atoms with E-state index < -0.39 is 0 Å². The summed E-state index contributed by atoms with van der Waals surface area (Å²) in [6.45, 7) is 3.43. The van der Waals surface area contributed by atoms with Crippen LogP contribution in [0.3, 0.4) is 0 Å². The number of furan rings is 2. The molecule has 0 aliphatic carbocycles. The minimum Gasteiger partial charge on any atom is -0.467 e. The van der Waals surface area contributed by atoms with Crippen LogP contribution in [0, 0.1) is 5.92 Å². The topological polar surface area (TPSA) is 72.6 Å². The molecule has 0 saturated heterocycles. The molecule has 0 aliphatic heterocycles. The summed E-state index contributed by atoms with van der Waals surface area (Å²) in [6, 6.07) is 7.38. The maximum Gasteiger partial charge on any atom is 0.226 e. The smallest absolute Gasteiger partial charge is 0.226 e. The molecular formula is C16H22N2O3. The summed E-state index contributed by atoms with van der Waals surface area (Å²) in [4.78, 5) is 14.4. The molecule has 114 valence electrons. The molecule has 0 spiro atoms. The first-order valence-corrected chi connectivity index (χ1v) is 7.24. The minimum absolute atomic E-state index is 0.0570. The normalized spacial score (nSPS) is 12.3. The van der Waals surface area contributed by atoms with Gasteiger partial charge in [0.1, 0.15) is 11.5 Å². The van der Waals surface area contributed by atoms with Gasteiger partial charge in [-0.05, 0) is 43.7 Å². The number of hydrogen-bond acceptors (Lipinski definition) is 4. The Morgan fingerprint density at radius 2 is 1.76 bits per heavy atom. The molecule has 2 heterocycles. The molecule has 0 radical (unpaired) electrons. The highest BCUT2D eigenvalue weighted by Gasteiger charge is 2.22. The van der Waals surface area contributed by atoms with E-state index in [-0.39, 0.29) is 11.8 Å². The first-order valence-electron chi connectivity index (χ1n) is 7.24. The number of carbonyl (C=O) groups excluding carboxylic acids is 1. The minimum atomic E-state index is -0.0570. The lowest BCUT2D eigenvalue weighted by Crippen LogP contribution is -2.34. The van der Waals surface area contributed by atoms with Gasteiger partial charge in [0.15, 0.2) is 0 Å². The largest absolute Gasteiger partial charge is 0.467 e. The van der Waals surface area contributed by atoms with Gasteiger partial charge in [0, 0.05) is 5.92 Å². The van der Waals surface area contributed by atoms with Crippen LogP contribution in [0.25, 0.3) is 0 Å². The fourth-order valence-electron chi connectivity index (χ4n) is 2.25. The monoisotopic (exact) mass is 290 g/mol. The molecule has 0 saturated carbocycles. The van der Waals surface area contributed by atoms with Crippen LogP contribution in [-0.2, 0) is 17.9 Å². The Morgan fingerprint density at radius 1 is 1.19 bits per heavy atom. The van der Waals surface area contributed by atoms with E-state index in [2.05, 4.69) is 0 Å². The van der Waals surface area contributed by atoms with Crippen molar-refractivity contribution in [2.45, 2.75) is 32.9 Å². The summed E-state index contributed by atoms with van der Waals surface area (Å²) in [5.41, 5.74) is 5.52. The lowest BCUT2D eigenvalue weighted by molar-refractivity contribution is -0.137. The molecule has 0 bridgehead atoms. The van der Waals surface area contributed by atoms with Crippen molar-refractivity contribution >= 4 is 5.91 Å². The van der Waals surface area contributed by atoms with E-state index in [9.17, 15) is 4.79 Å². The second-order valence-corrected chi connectivity index (χ2v) is 5.18. The third-order valence-electron chi connectivity index (χ3n) is 3.43. The van der Waals surface area contributed by atoms with Crippen LogP contribution in [0.2, 0.25) is 0 Å². The van der Waals surface area contributed by atoms with Crippen LogP contribution in [-0.4, -0.2) is 17.4 Å². The Balaban J connectivity index is 2.04. The maximum absolute atomic E-state index is 12.6. The van der Waals surface area contributed by atoms with E-state index in [1.165, 1.54) is 0 Å². The number of hydrogen-bond donors (Lipinski definition) is 1. The molecule has 1 unspecified atom stereocenters. The average molecular weight is 290 g/mol. The molecule has 5 nitrogen and oxygen atoms in total. The van der Waals surface area contributed by atoms with Crippen molar-refractivity contribution in [2.75, 3.05) is 6.54 Å². The van der Waals surface area contributed by atoms with Crippen LogP contribution in [0.1, 0.15) is 31.3 Å². The van der Waals surface area contributed by atoms with Crippen molar-refractivity contribution in [2.24, 2.45) is 11.7 Å². The van der Waals surface area contributed by atoms with Crippen LogP contribution < -0.4 is 5.73 Å². The predicted octanol–water partition coefficient (Wildman–Crippen LogP) is 2.78. The zero-order valence-corrected chi connectivity index (χ0v) is 12.3. The molecule has 2 aromatic heterocycles. The summed E-state index contributed by atoms with van der Waals surface area (Å²) < 4.78 is 10.7. The third-order valence-corrected chi connectivity index (χ3v) is 3.43. The van der Waals surface area contributed by atoms with Gasteiger partial charge >= 0.3 is 0 Å². The summed E-state index contributed by atoms with van der Waals surface area (Å²) >= 11 is 0. The van der Waals surface area contributed by atoms with Crippen molar-refractivity contribution in [3.63, 3.8) is 0 Å². The number of nitrogens with zero attached hydrogens (tertiary/aromatic N) is 1. The van der Waals surface area contributed by atoms with Gasteiger partial charge in [-0.1, -0.05) is 6.92 Å².